The summed E-state index contributed by atoms with van der Waals surface area (Å²) in [6.45, 7) is 2.37. The van der Waals surface area contributed by atoms with Crippen molar-refractivity contribution >= 4 is 18.3 Å². The normalized spacial score (nSPS) is 19.9. The van der Waals surface area contributed by atoms with Crippen LogP contribution in [0.25, 0.3) is 0 Å². The van der Waals surface area contributed by atoms with Crippen LogP contribution in [-0.2, 0) is 11.3 Å². The van der Waals surface area contributed by atoms with Crippen molar-refractivity contribution in [3.8, 4) is 0 Å². The van der Waals surface area contributed by atoms with Crippen LogP contribution < -0.4 is 10.6 Å². The molecule has 1 aliphatic heterocycles. The third-order valence-corrected chi connectivity index (χ3v) is 2.68. The number of carbonyl (C=O) groups is 1. The van der Waals surface area contributed by atoms with Crippen LogP contribution >= 0.6 is 12.4 Å². The molecule has 2 heterocycles. The lowest BCUT2D eigenvalue weighted by atomic mass is 9.99. The van der Waals surface area contributed by atoms with Crippen LogP contribution in [0.3, 0.4) is 0 Å². The first-order valence-electron chi connectivity index (χ1n) is 5.32. The van der Waals surface area contributed by atoms with Gasteiger partial charge in [0.2, 0.25) is 5.91 Å². The molecule has 1 aromatic rings. The third kappa shape index (κ3) is 3.50. The number of imidazole rings is 1. The van der Waals surface area contributed by atoms with Gasteiger partial charge in [-0.2, -0.15) is 0 Å². The summed E-state index contributed by atoms with van der Waals surface area (Å²) in [5, 5.41) is 6.13. The summed E-state index contributed by atoms with van der Waals surface area (Å²) in [7, 11) is 0. The third-order valence-electron chi connectivity index (χ3n) is 2.68. The quantitative estimate of drug-likeness (QED) is 0.723. The summed E-state index contributed by atoms with van der Waals surface area (Å²) < 4.78 is 0. The van der Waals surface area contributed by atoms with E-state index in [-0.39, 0.29) is 24.2 Å². The van der Waals surface area contributed by atoms with E-state index in [0.717, 1.165) is 31.6 Å². The number of aromatic amines is 1. The van der Waals surface area contributed by atoms with Crippen LogP contribution in [-0.4, -0.2) is 29.0 Å². The lowest BCUT2D eigenvalue weighted by molar-refractivity contribution is -0.125. The molecule has 1 aromatic heterocycles. The van der Waals surface area contributed by atoms with Crippen molar-refractivity contribution in [1.29, 1.82) is 0 Å². The van der Waals surface area contributed by atoms with E-state index in [1.807, 2.05) is 0 Å². The van der Waals surface area contributed by atoms with Crippen molar-refractivity contribution < 1.29 is 4.79 Å². The second-order valence-electron chi connectivity index (χ2n) is 3.84. The minimum Gasteiger partial charge on any atom is -0.350 e. The SMILES string of the molecule is Cl.O=C(NCc1cnc[nH]1)[C@@H]1CCCNC1. The summed E-state index contributed by atoms with van der Waals surface area (Å²) in [6, 6.07) is 0. The van der Waals surface area contributed by atoms with E-state index in [9.17, 15) is 4.79 Å². The number of nitrogens with zero attached hydrogens (tertiary/aromatic N) is 1. The van der Waals surface area contributed by atoms with Crippen molar-refractivity contribution in [1.82, 2.24) is 20.6 Å². The summed E-state index contributed by atoms with van der Waals surface area (Å²) in [5.41, 5.74) is 0.937. The van der Waals surface area contributed by atoms with Gasteiger partial charge in [0.15, 0.2) is 0 Å². The number of rotatable bonds is 3. The standard InChI is InChI=1S/C10H16N4O.ClH/c15-10(8-2-1-3-11-4-8)13-6-9-5-12-7-14-9;/h5,7-8,11H,1-4,6H2,(H,12,14)(H,13,15);1H/t8-;/m1./s1. The molecule has 0 unspecified atom stereocenters. The smallest absolute Gasteiger partial charge is 0.224 e. The number of halogens is 1. The zero-order chi connectivity index (χ0) is 10.5. The van der Waals surface area contributed by atoms with E-state index in [1.165, 1.54) is 0 Å². The fraction of sp³-hybridized carbons (Fsp3) is 0.600. The average Bonchev–Trinajstić information content (AvgIpc) is 2.80. The molecule has 0 bridgehead atoms. The molecule has 2 rings (SSSR count). The van der Waals surface area contributed by atoms with Crippen molar-refractivity contribution in [2.24, 2.45) is 5.92 Å². The second-order valence-corrected chi connectivity index (χ2v) is 3.84. The molecule has 5 nitrogen and oxygen atoms in total. The monoisotopic (exact) mass is 244 g/mol. The second kappa shape index (κ2) is 6.50. The van der Waals surface area contributed by atoms with Gasteiger partial charge in [-0.15, -0.1) is 12.4 Å². The molecule has 0 aliphatic carbocycles. The Kier molecular flexibility index (Phi) is 5.28. The maximum atomic E-state index is 11.7. The number of carbonyl (C=O) groups excluding carboxylic acids is 1. The molecule has 1 saturated heterocycles. The molecule has 1 atom stereocenters. The summed E-state index contributed by atoms with van der Waals surface area (Å²) in [4.78, 5) is 18.6. The van der Waals surface area contributed by atoms with Crippen molar-refractivity contribution in [2.75, 3.05) is 13.1 Å². The lowest BCUT2D eigenvalue weighted by Gasteiger charge is -2.21. The Morgan fingerprint density at radius 3 is 3.12 bits per heavy atom. The fourth-order valence-corrected chi connectivity index (χ4v) is 1.78. The number of amides is 1. The van der Waals surface area contributed by atoms with E-state index in [2.05, 4.69) is 20.6 Å². The Hall–Kier alpha value is -1.07. The molecule has 1 aliphatic rings. The molecule has 0 radical (unpaired) electrons. The highest BCUT2D eigenvalue weighted by Crippen LogP contribution is 2.09. The summed E-state index contributed by atoms with van der Waals surface area (Å²) in [5.74, 6) is 0.262. The van der Waals surface area contributed by atoms with Gasteiger partial charge in [-0.1, -0.05) is 0 Å². The van der Waals surface area contributed by atoms with Gasteiger partial charge in [-0.05, 0) is 19.4 Å². The van der Waals surface area contributed by atoms with E-state index in [0.29, 0.717) is 6.54 Å². The molecular formula is C10H17ClN4O. The Labute approximate surface area is 101 Å². The summed E-state index contributed by atoms with van der Waals surface area (Å²) in [6.07, 6.45) is 5.41. The van der Waals surface area contributed by atoms with Gasteiger partial charge in [-0.3, -0.25) is 4.79 Å². The van der Waals surface area contributed by atoms with E-state index >= 15 is 0 Å². The van der Waals surface area contributed by atoms with Gasteiger partial charge >= 0.3 is 0 Å². The van der Waals surface area contributed by atoms with Gasteiger partial charge in [0.1, 0.15) is 0 Å². The largest absolute Gasteiger partial charge is 0.350 e. The van der Waals surface area contributed by atoms with Gasteiger partial charge < -0.3 is 15.6 Å². The number of hydrogen-bond acceptors (Lipinski definition) is 3. The van der Waals surface area contributed by atoms with E-state index < -0.39 is 0 Å². The molecule has 0 spiro atoms. The molecule has 6 heteroatoms. The highest BCUT2D eigenvalue weighted by atomic mass is 35.5. The minimum absolute atomic E-state index is 0. The first-order valence-corrected chi connectivity index (χ1v) is 5.32. The molecule has 90 valence electrons. The first kappa shape index (κ1) is 13.0. The Balaban J connectivity index is 0.00000128. The number of aromatic nitrogens is 2. The zero-order valence-corrected chi connectivity index (χ0v) is 9.85. The Morgan fingerprint density at radius 2 is 2.50 bits per heavy atom. The number of nitrogens with one attached hydrogen (secondary N) is 3. The van der Waals surface area contributed by atoms with Crippen molar-refractivity contribution in [3.05, 3.63) is 18.2 Å². The highest BCUT2D eigenvalue weighted by Gasteiger charge is 2.20. The molecule has 1 amide bonds. The highest BCUT2D eigenvalue weighted by molar-refractivity contribution is 5.85. The zero-order valence-electron chi connectivity index (χ0n) is 9.03. The maximum absolute atomic E-state index is 11.7. The van der Waals surface area contributed by atoms with E-state index in [1.54, 1.807) is 12.5 Å². The van der Waals surface area contributed by atoms with Crippen molar-refractivity contribution in [3.63, 3.8) is 0 Å². The van der Waals surface area contributed by atoms with Gasteiger partial charge in [-0.25, -0.2) is 4.98 Å². The molecule has 1 fully saturated rings. The predicted molar refractivity (Wildman–Crippen MR) is 63.3 cm³/mol. The molecule has 0 saturated carbocycles. The van der Waals surface area contributed by atoms with Crippen LogP contribution in [0.1, 0.15) is 18.5 Å². The maximum Gasteiger partial charge on any atom is 0.224 e. The summed E-state index contributed by atoms with van der Waals surface area (Å²) >= 11 is 0. The van der Waals surface area contributed by atoms with Crippen LogP contribution in [0.15, 0.2) is 12.5 Å². The number of H-pyrrole nitrogens is 1. The van der Waals surface area contributed by atoms with Crippen LogP contribution in [0.4, 0.5) is 0 Å². The number of hydrogen-bond donors (Lipinski definition) is 3. The lowest BCUT2D eigenvalue weighted by Crippen LogP contribution is -2.40. The van der Waals surface area contributed by atoms with Crippen LogP contribution in [0, 0.1) is 5.92 Å². The average molecular weight is 245 g/mol. The number of piperidine rings is 1. The minimum atomic E-state index is 0. The Morgan fingerprint density at radius 1 is 1.62 bits per heavy atom. The van der Waals surface area contributed by atoms with Gasteiger partial charge in [0, 0.05) is 12.7 Å². The van der Waals surface area contributed by atoms with Crippen LogP contribution in [0.2, 0.25) is 0 Å². The molecule has 0 aromatic carbocycles. The molecule has 16 heavy (non-hydrogen) atoms. The van der Waals surface area contributed by atoms with Crippen LogP contribution in [0.5, 0.6) is 0 Å². The van der Waals surface area contributed by atoms with E-state index in [4.69, 9.17) is 0 Å². The van der Waals surface area contributed by atoms with Gasteiger partial charge in [0.25, 0.3) is 0 Å². The molecule has 3 N–H and O–H groups in total. The predicted octanol–water partition coefficient (Wildman–Crippen LogP) is 0.447. The van der Waals surface area contributed by atoms with Gasteiger partial charge in [0.05, 0.1) is 24.5 Å². The van der Waals surface area contributed by atoms with Crippen molar-refractivity contribution in [2.45, 2.75) is 19.4 Å². The fourth-order valence-electron chi connectivity index (χ4n) is 1.78. The first-order chi connectivity index (χ1) is 7.36. The Bertz CT molecular complexity index is 309. The topological polar surface area (TPSA) is 69.8 Å². The molecular weight excluding hydrogens is 228 g/mol.